The molecule has 2 aliphatic rings. The molecule has 0 bridgehead atoms. The van der Waals surface area contributed by atoms with Gasteiger partial charge in [0.15, 0.2) is 11.5 Å². The Hall–Kier alpha value is -1.70. The van der Waals surface area contributed by atoms with Crippen LogP contribution in [-0.4, -0.2) is 62.0 Å². The lowest BCUT2D eigenvalue weighted by Gasteiger charge is -2.38. The number of aliphatic hydroxyl groups is 1. The van der Waals surface area contributed by atoms with Crippen molar-refractivity contribution < 1.29 is 24.1 Å². The van der Waals surface area contributed by atoms with Crippen LogP contribution in [0, 0.1) is 5.92 Å². The average molecular weight is 385 g/mol. The number of nitrogens with zero attached hydrogens (tertiary/aromatic N) is 1. The summed E-state index contributed by atoms with van der Waals surface area (Å²) in [6, 6.07) is 1.45. The van der Waals surface area contributed by atoms with E-state index in [1.807, 2.05) is 0 Å². The third-order valence-corrected chi connectivity index (χ3v) is 5.39. The molecule has 0 saturated carbocycles. The lowest BCUT2D eigenvalue weighted by molar-refractivity contribution is 0.0192. The van der Waals surface area contributed by atoms with Crippen molar-refractivity contribution in [3.63, 3.8) is 0 Å². The Morgan fingerprint density at radius 3 is 2.81 bits per heavy atom. The highest BCUT2D eigenvalue weighted by atomic mass is 35.5. The van der Waals surface area contributed by atoms with Gasteiger partial charge in [0.1, 0.15) is 18.3 Å². The number of esters is 1. The standard InChI is InChI=1S/C18H25ClN2O5/c1-24-18(23)12-9-13(19)15(20)17-16(12)25-10-14(26-17)11-3-6-21(7-4-11)5-2-8-22/h9,11,14,22H,2-8,10,20H2,1H3. The number of piperidine rings is 1. The number of fused-ring (bicyclic) bond motifs is 1. The largest absolute Gasteiger partial charge is 0.485 e. The molecule has 1 unspecified atom stereocenters. The first kappa shape index (κ1) is 19.1. The summed E-state index contributed by atoms with van der Waals surface area (Å²) in [7, 11) is 1.30. The minimum absolute atomic E-state index is 0.131. The number of methoxy groups -OCH3 is 1. The first-order valence-electron chi connectivity index (χ1n) is 8.88. The van der Waals surface area contributed by atoms with E-state index in [0.717, 1.165) is 38.9 Å². The van der Waals surface area contributed by atoms with Crippen LogP contribution in [0.2, 0.25) is 5.02 Å². The van der Waals surface area contributed by atoms with Gasteiger partial charge in [-0.2, -0.15) is 0 Å². The Balaban J connectivity index is 1.72. The molecule has 2 heterocycles. The third kappa shape index (κ3) is 3.84. The highest BCUT2D eigenvalue weighted by Crippen LogP contribution is 2.45. The van der Waals surface area contributed by atoms with Crippen LogP contribution in [0.3, 0.4) is 0 Å². The number of hydrogen-bond acceptors (Lipinski definition) is 7. The van der Waals surface area contributed by atoms with Gasteiger partial charge in [0.05, 0.1) is 17.8 Å². The van der Waals surface area contributed by atoms with E-state index in [-0.39, 0.29) is 29.0 Å². The normalized spacial score (nSPS) is 20.8. The molecule has 8 heteroatoms. The summed E-state index contributed by atoms with van der Waals surface area (Å²) in [5, 5.41) is 9.20. The van der Waals surface area contributed by atoms with Gasteiger partial charge < -0.3 is 30.0 Å². The van der Waals surface area contributed by atoms with Crippen molar-refractivity contribution in [2.75, 3.05) is 45.7 Å². The zero-order chi connectivity index (χ0) is 18.7. The fourth-order valence-electron chi connectivity index (χ4n) is 3.57. The molecule has 3 rings (SSSR count). The number of aliphatic hydroxyl groups excluding tert-OH is 1. The number of anilines is 1. The van der Waals surface area contributed by atoms with Crippen molar-refractivity contribution in [3.05, 3.63) is 16.7 Å². The zero-order valence-electron chi connectivity index (χ0n) is 14.9. The second-order valence-corrected chi connectivity index (χ2v) is 7.10. The summed E-state index contributed by atoms with van der Waals surface area (Å²) >= 11 is 6.16. The number of rotatable bonds is 5. The van der Waals surface area contributed by atoms with Gasteiger partial charge in [-0.25, -0.2) is 4.79 Å². The lowest BCUT2D eigenvalue weighted by Crippen LogP contribution is -2.43. The quantitative estimate of drug-likeness (QED) is 0.591. The number of ether oxygens (including phenoxy) is 3. The Labute approximate surface area is 157 Å². The Kier molecular flexibility index (Phi) is 6.11. The molecular formula is C18H25ClN2O5. The van der Waals surface area contributed by atoms with E-state index in [1.165, 1.54) is 13.2 Å². The van der Waals surface area contributed by atoms with E-state index in [2.05, 4.69) is 4.90 Å². The molecule has 1 saturated heterocycles. The van der Waals surface area contributed by atoms with Crippen LogP contribution in [0.1, 0.15) is 29.6 Å². The van der Waals surface area contributed by atoms with Gasteiger partial charge in [0.2, 0.25) is 0 Å². The van der Waals surface area contributed by atoms with Crippen LogP contribution >= 0.6 is 11.6 Å². The first-order valence-corrected chi connectivity index (χ1v) is 9.26. The maximum atomic E-state index is 12.0. The lowest BCUT2D eigenvalue weighted by atomic mass is 9.90. The molecule has 0 amide bonds. The van der Waals surface area contributed by atoms with Crippen molar-refractivity contribution >= 4 is 23.3 Å². The van der Waals surface area contributed by atoms with E-state index in [1.54, 1.807) is 0 Å². The van der Waals surface area contributed by atoms with Gasteiger partial charge in [-0.1, -0.05) is 11.6 Å². The minimum atomic E-state index is -0.539. The van der Waals surface area contributed by atoms with Crippen molar-refractivity contribution in [3.8, 4) is 11.5 Å². The molecule has 0 spiro atoms. The molecule has 0 aliphatic carbocycles. The molecule has 7 nitrogen and oxygen atoms in total. The Bertz CT molecular complexity index is 661. The van der Waals surface area contributed by atoms with Crippen molar-refractivity contribution in [1.29, 1.82) is 0 Å². The molecular weight excluding hydrogens is 360 g/mol. The van der Waals surface area contributed by atoms with E-state index in [0.29, 0.717) is 24.0 Å². The first-order chi connectivity index (χ1) is 12.5. The molecule has 2 aliphatic heterocycles. The van der Waals surface area contributed by atoms with Crippen LogP contribution in [0.15, 0.2) is 6.07 Å². The molecule has 144 valence electrons. The van der Waals surface area contributed by atoms with Gasteiger partial charge in [0.25, 0.3) is 0 Å². The fourth-order valence-corrected chi connectivity index (χ4v) is 3.77. The molecule has 1 atom stereocenters. The summed E-state index contributed by atoms with van der Waals surface area (Å²) < 4.78 is 16.8. The van der Waals surface area contributed by atoms with Crippen molar-refractivity contribution in [1.82, 2.24) is 4.90 Å². The van der Waals surface area contributed by atoms with E-state index >= 15 is 0 Å². The van der Waals surface area contributed by atoms with Crippen LogP contribution in [0.5, 0.6) is 11.5 Å². The monoisotopic (exact) mass is 384 g/mol. The fraction of sp³-hybridized carbons (Fsp3) is 0.611. The SMILES string of the molecule is COC(=O)c1cc(Cl)c(N)c2c1OCC(C1CCN(CCCO)CC1)O2. The van der Waals surface area contributed by atoms with E-state index in [4.69, 9.17) is 36.7 Å². The van der Waals surface area contributed by atoms with Crippen LogP contribution in [0.25, 0.3) is 0 Å². The minimum Gasteiger partial charge on any atom is -0.485 e. The van der Waals surface area contributed by atoms with Gasteiger partial charge >= 0.3 is 5.97 Å². The number of nitrogens with two attached hydrogens (primary N) is 1. The van der Waals surface area contributed by atoms with E-state index < -0.39 is 5.97 Å². The summed E-state index contributed by atoms with van der Waals surface area (Å²) in [5.74, 6) is 0.433. The molecule has 1 fully saturated rings. The Morgan fingerprint density at radius 1 is 1.42 bits per heavy atom. The highest BCUT2D eigenvalue weighted by molar-refractivity contribution is 6.34. The number of carbonyl (C=O) groups excluding carboxylic acids is 1. The van der Waals surface area contributed by atoms with Crippen molar-refractivity contribution in [2.24, 2.45) is 5.92 Å². The van der Waals surface area contributed by atoms with E-state index in [9.17, 15) is 4.79 Å². The summed E-state index contributed by atoms with van der Waals surface area (Å²) in [4.78, 5) is 14.3. The maximum absolute atomic E-state index is 12.0. The predicted octanol–water partition coefficient (Wildman–Crippen LogP) is 1.94. The molecule has 0 aromatic heterocycles. The molecule has 1 aromatic carbocycles. The maximum Gasteiger partial charge on any atom is 0.341 e. The highest BCUT2D eigenvalue weighted by Gasteiger charge is 2.35. The predicted molar refractivity (Wildman–Crippen MR) is 98.0 cm³/mol. The average Bonchev–Trinajstić information content (AvgIpc) is 2.68. The third-order valence-electron chi connectivity index (χ3n) is 5.08. The summed E-state index contributed by atoms with van der Waals surface area (Å²) in [6.45, 7) is 3.43. The van der Waals surface area contributed by atoms with Gasteiger partial charge in [-0.3, -0.25) is 0 Å². The number of hydrogen-bond donors (Lipinski definition) is 2. The van der Waals surface area contributed by atoms with Gasteiger partial charge in [0, 0.05) is 19.1 Å². The second kappa shape index (κ2) is 8.33. The van der Waals surface area contributed by atoms with Crippen LogP contribution in [0.4, 0.5) is 5.69 Å². The van der Waals surface area contributed by atoms with Crippen LogP contribution < -0.4 is 15.2 Å². The number of halogens is 1. The number of carbonyl (C=O) groups is 1. The second-order valence-electron chi connectivity index (χ2n) is 6.69. The number of likely N-dealkylation sites (tertiary alicyclic amines) is 1. The zero-order valence-corrected chi connectivity index (χ0v) is 15.6. The van der Waals surface area contributed by atoms with Crippen molar-refractivity contribution in [2.45, 2.75) is 25.4 Å². The number of benzene rings is 1. The molecule has 1 aromatic rings. The van der Waals surface area contributed by atoms with Crippen LogP contribution in [-0.2, 0) is 4.74 Å². The smallest absolute Gasteiger partial charge is 0.341 e. The summed E-state index contributed by atoms with van der Waals surface area (Å²) in [6.07, 6.45) is 2.64. The van der Waals surface area contributed by atoms with Gasteiger partial charge in [-0.15, -0.1) is 0 Å². The Morgan fingerprint density at radius 2 is 2.15 bits per heavy atom. The van der Waals surface area contributed by atoms with Gasteiger partial charge in [-0.05, 0) is 38.4 Å². The molecule has 0 radical (unpaired) electrons. The molecule has 26 heavy (non-hydrogen) atoms. The number of nitrogen functional groups attached to an aromatic ring is 1. The molecule has 3 N–H and O–H groups in total. The topological polar surface area (TPSA) is 94.2 Å². The summed E-state index contributed by atoms with van der Waals surface area (Å²) in [5.41, 5.74) is 6.56.